The number of rotatable bonds is 1. The van der Waals surface area contributed by atoms with Gasteiger partial charge in [-0.05, 0) is 24.5 Å². The molecule has 2 aromatic rings. The molecule has 2 aromatic heterocycles. The van der Waals surface area contributed by atoms with Crippen molar-refractivity contribution in [2.24, 2.45) is 5.92 Å². The number of anilines is 1. The van der Waals surface area contributed by atoms with E-state index in [9.17, 15) is 0 Å². The van der Waals surface area contributed by atoms with Crippen LogP contribution in [0.2, 0.25) is 0 Å². The first kappa shape index (κ1) is 10.9. The number of aromatic nitrogens is 1. The first-order valence-electron chi connectivity index (χ1n) is 5.97. The van der Waals surface area contributed by atoms with Crippen molar-refractivity contribution in [3.63, 3.8) is 0 Å². The van der Waals surface area contributed by atoms with E-state index in [0.717, 1.165) is 36.3 Å². The summed E-state index contributed by atoms with van der Waals surface area (Å²) in [5.41, 5.74) is 0.889. The van der Waals surface area contributed by atoms with E-state index in [0.29, 0.717) is 5.92 Å². The van der Waals surface area contributed by atoms with Crippen LogP contribution in [-0.4, -0.2) is 23.5 Å². The van der Waals surface area contributed by atoms with Crippen LogP contribution in [0.3, 0.4) is 0 Å². The fourth-order valence-corrected chi connectivity index (χ4v) is 2.64. The van der Waals surface area contributed by atoms with E-state index in [4.69, 9.17) is 16.0 Å². The van der Waals surface area contributed by atoms with Crippen LogP contribution in [0.5, 0.6) is 0 Å². The van der Waals surface area contributed by atoms with Gasteiger partial charge in [0, 0.05) is 19.3 Å². The van der Waals surface area contributed by atoms with Gasteiger partial charge in [0.25, 0.3) is 0 Å². The molecule has 1 aliphatic rings. The molecule has 0 bridgehead atoms. The van der Waals surface area contributed by atoms with E-state index in [-0.39, 0.29) is 5.38 Å². The highest BCUT2D eigenvalue weighted by Gasteiger charge is 2.26. The van der Waals surface area contributed by atoms with Crippen molar-refractivity contribution in [1.29, 1.82) is 0 Å². The van der Waals surface area contributed by atoms with Crippen molar-refractivity contribution < 1.29 is 4.42 Å². The lowest BCUT2D eigenvalue weighted by Gasteiger charge is -2.34. The van der Waals surface area contributed by atoms with Crippen molar-refractivity contribution in [2.45, 2.75) is 18.7 Å². The first-order chi connectivity index (χ1) is 8.25. The van der Waals surface area contributed by atoms with Gasteiger partial charge >= 0.3 is 0 Å². The van der Waals surface area contributed by atoms with Crippen LogP contribution >= 0.6 is 11.6 Å². The average Bonchev–Trinajstić information content (AvgIpc) is 2.80. The van der Waals surface area contributed by atoms with Gasteiger partial charge in [0.1, 0.15) is 11.4 Å². The maximum atomic E-state index is 6.34. The molecule has 3 nitrogen and oxygen atoms in total. The molecule has 3 heterocycles. The Bertz CT molecular complexity index is 525. The maximum Gasteiger partial charge on any atom is 0.139 e. The van der Waals surface area contributed by atoms with E-state index >= 15 is 0 Å². The Morgan fingerprint density at radius 3 is 3.18 bits per heavy atom. The number of furan rings is 1. The van der Waals surface area contributed by atoms with Gasteiger partial charge in [0.15, 0.2) is 0 Å². The second kappa shape index (κ2) is 4.22. The quantitative estimate of drug-likeness (QED) is 0.728. The summed E-state index contributed by atoms with van der Waals surface area (Å²) >= 11 is 6.34. The second-order valence-electron chi connectivity index (χ2n) is 4.69. The molecule has 0 aromatic carbocycles. The third-order valence-corrected chi connectivity index (χ3v) is 4.09. The zero-order valence-corrected chi connectivity index (χ0v) is 10.5. The molecule has 0 saturated carbocycles. The van der Waals surface area contributed by atoms with Crippen LogP contribution in [0, 0.1) is 5.92 Å². The zero-order chi connectivity index (χ0) is 11.8. The second-order valence-corrected chi connectivity index (χ2v) is 5.26. The number of nitrogens with zero attached hydrogens (tertiary/aromatic N) is 2. The molecule has 0 N–H and O–H groups in total. The first-order valence-corrected chi connectivity index (χ1v) is 6.40. The maximum absolute atomic E-state index is 6.34. The van der Waals surface area contributed by atoms with Crippen molar-refractivity contribution in [3.05, 3.63) is 24.6 Å². The van der Waals surface area contributed by atoms with Gasteiger partial charge in [0.2, 0.25) is 0 Å². The highest BCUT2D eigenvalue weighted by Crippen LogP contribution is 2.30. The SMILES string of the molecule is CC1CCN(c2nccc3occc23)CC1Cl. The monoisotopic (exact) mass is 250 g/mol. The molecule has 0 aliphatic carbocycles. The minimum absolute atomic E-state index is 0.202. The van der Waals surface area contributed by atoms with Gasteiger partial charge in [-0.25, -0.2) is 4.98 Å². The molecule has 1 saturated heterocycles. The molecular weight excluding hydrogens is 236 g/mol. The molecule has 90 valence electrons. The summed E-state index contributed by atoms with van der Waals surface area (Å²) in [6, 6.07) is 3.86. The van der Waals surface area contributed by atoms with Gasteiger partial charge in [-0.3, -0.25) is 0 Å². The van der Waals surface area contributed by atoms with Gasteiger partial charge in [-0.1, -0.05) is 6.92 Å². The average molecular weight is 251 g/mol. The summed E-state index contributed by atoms with van der Waals surface area (Å²) in [7, 11) is 0. The Hall–Kier alpha value is -1.22. The Morgan fingerprint density at radius 2 is 2.35 bits per heavy atom. The van der Waals surface area contributed by atoms with Gasteiger partial charge < -0.3 is 9.32 Å². The standard InChI is InChI=1S/C13H15ClN2O/c1-9-3-6-16(8-11(9)14)13-10-4-7-17-12(10)2-5-15-13/h2,4-5,7,9,11H,3,6,8H2,1H3. The molecule has 2 unspecified atom stereocenters. The molecule has 2 atom stereocenters. The van der Waals surface area contributed by atoms with E-state index in [1.54, 1.807) is 12.5 Å². The fourth-order valence-electron chi connectivity index (χ4n) is 2.35. The summed E-state index contributed by atoms with van der Waals surface area (Å²) < 4.78 is 5.40. The smallest absolute Gasteiger partial charge is 0.139 e. The Kier molecular flexibility index (Phi) is 2.71. The zero-order valence-electron chi connectivity index (χ0n) is 9.77. The third kappa shape index (κ3) is 1.89. The summed E-state index contributed by atoms with van der Waals surface area (Å²) in [6.45, 7) is 4.09. The van der Waals surface area contributed by atoms with Crippen LogP contribution in [-0.2, 0) is 0 Å². The fraction of sp³-hybridized carbons (Fsp3) is 0.462. The molecule has 4 heteroatoms. The molecule has 1 aliphatic heterocycles. The van der Waals surface area contributed by atoms with Crippen LogP contribution in [0.25, 0.3) is 11.0 Å². The van der Waals surface area contributed by atoms with Crippen LogP contribution in [0.15, 0.2) is 29.0 Å². The number of halogens is 1. The third-order valence-electron chi connectivity index (χ3n) is 3.52. The lowest BCUT2D eigenvalue weighted by atomic mass is 9.98. The number of fused-ring (bicyclic) bond motifs is 1. The Balaban J connectivity index is 1.96. The molecule has 3 rings (SSSR count). The van der Waals surface area contributed by atoms with Crippen LogP contribution < -0.4 is 4.90 Å². The number of alkyl halides is 1. The molecule has 17 heavy (non-hydrogen) atoms. The molecule has 0 amide bonds. The number of piperidine rings is 1. The minimum Gasteiger partial charge on any atom is -0.464 e. The van der Waals surface area contributed by atoms with E-state index in [2.05, 4.69) is 16.8 Å². The summed E-state index contributed by atoms with van der Waals surface area (Å²) in [6.07, 6.45) is 4.62. The molecule has 1 fully saturated rings. The highest BCUT2D eigenvalue weighted by molar-refractivity contribution is 6.21. The van der Waals surface area contributed by atoms with E-state index < -0.39 is 0 Å². The van der Waals surface area contributed by atoms with Gasteiger partial charge in [-0.15, -0.1) is 11.6 Å². The number of hydrogen-bond donors (Lipinski definition) is 0. The highest BCUT2D eigenvalue weighted by atomic mass is 35.5. The summed E-state index contributed by atoms with van der Waals surface area (Å²) in [5, 5.41) is 1.28. The van der Waals surface area contributed by atoms with Crippen LogP contribution in [0.1, 0.15) is 13.3 Å². The minimum atomic E-state index is 0.202. The van der Waals surface area contributed by atoms with Gasteiger partial charge in [0.05, 0.1) is 17.0 Å². The number of pyridine rings is 1. The van der Waals surface area contributed by atoms with Crippen molar-refractivity contribution in [2.75, 3.05) is 18.0 Å². The molecular formula is C13H15ClN2O. The Labute approximate surface area is 105 Å². The van der Waals surface area contributed by atoms with Crippen molar-refractivity contribution in [3.8, 4) is 0 Å². The van der Waals surface area contributed by atoms with Crippen molar-refractivity contribution in [1.82, 2.24) is 4.98 Å². The van der Waals surface area contributed by atoms with E-state index in [1.807, 2.05) is 12.1 Å². The predicted molar refractivity (Wildman–Crippen MR) is 69.6 cm³/mol. The number of hydrogen-bond acceptors (Lipinski definition) is 3. The van der Waals surface area contributed by atoms with Crippen LogP contribution in [0.4, 0.5) is 5.82 Å². The lowest BCUT2D eigenvalue weighted by molar-refractivity contribution is 0.444. The van der Waals surface area contributed by atoms with Gasteiger partial charge in [-0.2, -0.15) is 0 Å². The topological polar surface area (TPSA) is 29.3 Å². The normalized spacial score (nSPS) is 25.4. The molecule has 0 radical (unpaired) electrons. The predicted octanol–water partition coefficient (Wildman–Crippen LogP) is 3.28. The van der Waals surface area contributed by atoms with Crippen molar-refractivity contribution >= 4 is 28.4 Å². The Morgan fingerprint density at radius 1 is 1.47 bits per heavy atom. The largest absolute Gasteiger partial charge is 0.464 e. The lowest BCUT2D eigenvalue weighted by Crippen LogP contribution is -2.40. The van der Waals surface area contributed by atoms with E-state index in [1.165, 1.54) is 0 Å². The summed E-state index contributed by atoms with van der Waals surface area (Å²) in [4.78, 5) is 6.73. The summed E-state index contributed by atoms with van der Waals surface area (Å²) in [5.74, 6) is 1.57. The molecule has 0 spiro atoms.